The fourth-order valence-corrected chi connectivity index (χ4v) is 9.72. The Balaban J connectivity index is 1.18. The summed E-state index contributed by atoms with van der Waals surface area (Å²) in [6.45, 7) is 4.79. The van der Waals surface area contributed by atoms with Gasteiger partial charge in [0, 0.05) is 5.41 Å². The lowest BCUT2D eigenvalue weighted by Gasteiger charge is -2.24. The van der Waals surface area contributed by atoms with Gasteiger partial charge in [0.15, 0.2) is 0 Å². The van der Waals surface area contributed by atoms with Crippen molar-refractivity contribution in [3.63, 3.8) is 0 Å². The van der Waals surface area contributed by atoms with Gasteiger partial charge in [-0.2, -0.15) is 0 Å². The molecule has 0 heteroatoms. The van der Waals surface area contributed by atoms with Crippen molar-refractivity contribution >= 4 is 43.1 Å². The van der Waals surface area contributed by atoms with Crippen molar-refractivity contribution in [3.05, 3.63) is 205 Å². The van der Waals surface area contributed by atoms with Crippen molar-refractivity contribution in [2.75, 3.05) is 0 Å². The van der Waals surface area contributed by atoms with Gasteiger partial charge in [-0.25, -0.2) is 0 Å². The predicted molar refractivity (Wildman–Crippen MR) is 236 cm³/mol. The molecule has 1 aliphatic carbocycles. The van der Waals surface area contributed by atoms with Crippen molar-refractivity contribution < 1.29 is 0 Å². The van der Waals surface area contributed by atoms with Crippen molar-refractivity contribution in [1.29, 1.82) is 0 Å². The van der Waals surface area contributed by atoms with E-state index < -0.39 is 0 Å². The predicted octanol–water partition coefficient (Wildman–Crippen LogP) is 15.3. The van der Waals surface area contributed by atoms with Gasteiger partial charge >= 0.3 is 0 Å². The molecule has 0 bridgehead atoms. The van der Waals surface area contributed by atoms with Gasteiger partial charge in [0.05, 0.1) is 0 Å². The summed E-state index contributed by atoms with van der Waals surface area (Å²) in [7, 11) is 0. The molecule has 10 aromatic carbocycles. The molecular weight excluding hydrogens is 661 g/mol. The van der Waals surface area contributed by atoms with E-state index in [0.29, 0.717) is 0 Å². The van der Waals surface area contributed by atoms with Crippen LogP contribution in [0.15, 0.2) is 194 Å². The molecule has 0 N–H and O–H groups in total. The van der Waals surface area contributed by atoms with Crippen LogP contribution in [0.5, 0.6) is 0 Å². The molecule has 0 spiro atoms. The van der Waals surface area contributed by atoms with Crippen molar-refractivity contribution in [1.82, 2.24) is 0 Å². The van der Waals surface area contributed by atoms with Crippen LogP contribution in [-0.2, 0) is 5.41 Å². The number of benzene rings is 10. The molecule has 0 atom stereocenters. The normalized spacial score (nSPS) is 13.1. The van der Waals surface area contributed by atoms with E-state index >= 15 is 0 Å². The molecule has 0 heterocycles. The second-order valence-electron chi connectivity index (χ2n) is 15.6. The molecule has 0 unspecified atom stereocenters. The molecule has 0 saturated carbocycles. The number of fused-ring (bicyclic) bond motifs is 9. The zero-order valence-corrected chi connectivity index (χ0v) is 31.0. The first-order chi connectivity index (χ1) is 27.1. The molecule has 0 amide bonds. The molecule has 0 radical (unpaired) electrons. The Hall–Kier alpha value is -6.76. The van der Waals surface area contributed by atoms with E-state index in [1.807, 2.05) is 0 Å². The molecule has 0 saturated heterocycles. The molecular formula is C55H38. The zero-order chi connectivity index (χ0) is 36.7. The minimum Gasteiger partial charge on any atom is -0.0622 e. The first-order valence-electron chi connectivity index (χ1n) is 19.4. The van der Waals surface area contributed by atoms with Gasteiger partial charge in [0.2, 0.25) is 0 Å². The highest BCUT2D eigenvalue weighted by molar-refractivity contribution is 6.28. The second kappa shape index (κ2) is 12.1. The molecule has 0 nitrogen and oxygen atoms in total. The molecule has 10 aromatic rings. The lowest BCUT2D eigenvalue weighted by Crippen LogP contribution is -2.15. The standard InChI is InChI=1S/C55H38/c1-55(2)50-34-40(27-29-43(50)47-31-25-37-18-10-12-22-42(37)54(47)55)39-28-30-46(49(33-39)35-15-5-3-6-16-35)53-45-24-14-13-23-44(45)51(38-19-7-4-8-20-38)48-32-26-36-17-9-11-21-41(36)52(48)53/h3-34H,1-2H3. The van der Waals surface area contributed by atoms with Gasteiger partial charge in [0.25, 0.3) is 0 Å². The van der Waals surface area contributed by atoms with Crippen LogP contribution in [0.3, 0.4) is 0 Å². The zero-order valence-electron chi connectivity index (χ0n) is 31.0. The lowest BCUT2D eigenvalue weighted by molar-refractivity contribution is 0.666. The van der Waals surface area contributed by atoms with E-state index in [4.69, 9.17) is 0 Å². The molecule has 11 rings (SSSR count). The summed E-state index contributed by atoms with van der Waals surface area (Å²) >= 11 is 0. The summed E-state index contributed by atoms with van der Waals surface area (Å²) in [5.74, 6) is 0. The van der Waals surface area contributed by atoms with E-state index in [-0.39, 0.29) is 5.41 Å². The first-order valence-corrected chi connectivity index (χ1v) is 19.4. The van der Waals surface area contributed by atoms with E-state index in [0.717, 1.165) is 0 Å². The Kier molecular flexibility index (Phi) is 7.00. The third-order valence-corrected chi connectivity index (χ3v) is 12.2. The third-order valence-electron chi connectivity index (χ3n) is 12.2. The van der Waals surface area contributed by atoms with Crippen LogP contribution in [0.1, 0.15) is 25.0 Å². The topological polar surface area (TPSA) is 0 Å². The van der Waals surface area contributed by atoms with Crippen LogP contribution in [0.2, 0.25) is 0 Å². The van der Waals surface area contributed by atoms with Crippen LogP contribution >= 0.6 is 0 Å². The van der Waals surface area contributed by atoms with Gasteiger partial charge < -0.3 is 0 Å². The smallest absolute Gasteiger partial charge is 0.0165 e. The van der Waals surface area contributed by atoms with E-state index in [2.05, 4.69) is 208 Å². The highest BCUT2D eigenvalue weighted by Crippen LogP contribution is 2.53. The average Bonchev–Trinajstić information content (AvgIpc) is 3.48. The lowest BCUT2D eigenvalue weighted by atomic mass is 9.79. The van der Waals surface area contributed by atoms with Crippen LogP contribution in [0, 0.1) is 0 Å². The van der Waals surface area contributed by atoms with E-state index in [1.165, 1.54) is 110 Å². The third kappa shape index (κ3) is 4.78. The fourth-order valence-electron chi connectivity index (χ4n) is 9.72. The minimum absolute atomic E-state index is 0.122. The maximum atomic E-state index is 2.46. The summed E-state index contributed by atoms with van der Waals surface area (Å²) in [4.78, 5) is 0. The Labute approximate surface area is 322 Å². The Bertz CT molecular complexity index is 3150. The van der Waals surface area contributed by atoms with Gasteiger partial charge in [-0.1, -0.05) is 196 Å². The molecule has 0 aromatic heterocycles. The number of hydrogen-bond donors (Lipinski definition) is 0. The first kappa shape index (κ1) is 31.7. The molecule has 0 fully saturated rings. The maximum Gasteiger partial charge on any atom is 0.0165 e. The molecule has 55 heavy (non-hydrogen) atoms. The summed E-state index contributed by atoms with van der Waals surface area (Å²) in [5.41, 5.74) is 15.4. The van der Waals surface area contributed by atoms with Gasteiger partial charge in [-0.3, -0.25) is 0 Å². The summed E-state index contributed by atoms with van der Waals surface area (Å²) in [5, 5.41) is 10.3. The van der Waals surface area contributed by atoms with Crippen molar-refractivity contribution in [3.8, 4) is 55.6 Å². The van der Waals surface area contributed by atoms with Crippen molar-refractivity contribution in [2.45, 2.75) is 19.3 Å². The SMILES string of the molecule is CC1(C)c2cc(-c3ccc(-c4c5ccccc5c(-c5ccccc5)c5ccc6ccccc6c45)c(-c4ccccc4)c3)ccc2-c2ccc3ccccc3c21. The van der Waals surface area contributed by atoms with Crippen LogP contribution in [-0.4, -0.2) is 0 Å². The Morgan fingerprint density at radius 1 is 0.309 bits per heavy atom. The van der Waals surface area contributed by atoms with Gasteiger partial charge in [0.1, 0.15) is 0 Å². The maximum absolute atomic E-state index is 2.46. The van der Waals surface area contributed by atoms with Crippen LogP contribution < -0.4 is 0 Å². The average molecular weight is 699 g/mol. The summed E-state index contributed by atoms with van der Waals surface area (Å²) < 4.78 is 0. The second-order valence-corrected chi connectivity index (χ2v) is 15.6. The van der Waals surface area contributed by atoms with Gasteiger partial charge in [-0.15, -0.1) is 0 Å². The summed E-state index contributed by atoms with van der Waals surface area (Å²) in [6, 6.07) is 72.2. The Morgan fingerprint density at radius 2 is 0.836 bits per heavy atom. The molecule has 0 aliphatic heterocycles. The summed E-state index contributed by atoms with van der Waals surface area (Å²) in [6.07, 6.45) is 0. The van der Waals surface area contributed by atoms with Crippen LogP contribution in [0.25, 0.3) is 98.7 Å². The highest BCUT2D eigenvalue weighted by Gasteiger charge is 2.37. The van der Waals surface area contributed by atoms with E-state index in [1.54, 1.807) is 0 Å². The minimum atomic E-state index is -0.122. The fraction of sp³-hybridized carbons (Fsp3) is 0.0545. The van der Waals surface area contributed by atoms with E-state index in [9.17, 15) is 0 Å². The quantitative estimate of drug-likeness (QED) is 0.127. The monoisotopic (exact) mass is 698 g/mol. The van der Waals surface area contributed by atoms with Gasteiger partial charge in [-0.05, 0) is 122 Å². The van der Waals surface area contributed by atoms with Crippen molar-refractivity contribution in [2.24, 2.45) is 0 Å². The van der Waals surface area contributed by atoms with Crippen LogP contribution in [0.4, 0.5) is 0 Å². The molecule has 1 aliphatic rings. The Morgan fingerprint density at radius 3 is 1.56 bits per heavy atom. The number of rotatable bonds is 4. The number of hydrogen-bond acceptors (Lipinski definition) is 0. The largest absolute Gasteiger partial charge is 0.0622 e. The highest BCUT2D eigenvalue weighted by atomic mass is 14.4. The molecule has 258 valence electrons.